The Bertz CT molecular complexity index is 1210. The predicted molar refractivity (Wildman–Crippen MR) is 156 cm³/mol. The summed E-state index contributed by atoms with van der Waals surface area (Å²) in [5, 5.41) is 17.9. The number of aliphatic hydroxyl groups excluding tert-OH is 1. The van der Waals surface area contributed by atoms with E-state index in [2.05, 4.69) is 16.0 Å². The van der Waals surface area contributed by atoms with Crippen molar-refractivity contribution in [3.8, 4) is 0 Å². The predicted octanol–water partition coefficient (Wildman–Crippen LogP) is 4.82. The summed E-state index contributed by atoms with van der Waals surface area (Å²) < 4.78 is 50.9. The number of amides is 3. The van der Waals surface area contributed by atoms with E-state index >= 15 is 0 Å². The Morgan fingerprint density at radius 1 is 1.09 bits per heavy atom. The van der Waals surface area contributed by atoms with Gasteiger partial charge in [0.2, 0.25) is 11.8 Å². The highest BCUT2D eigenvalue weighted by atomic mass is 35.5. The quantitative estimate of drug-likeness (QED) is 0.278. The molecule has 43 heavy (non-hydrogen) atoms. The normalized spacial score (nSPS) is 19.9. The summed E-state index contributed by atoms with van der Waals surface area (Å²) in [4.78, 5) is 40.2. The van der Waals surface area contributed by atoms with Crippen LogP contribution in [0.3, 0.4) is 0 Å². The van der Waals surface area contributed by atoms with Gasteiger partial charge in [-0.3, -0.25) is 9.59 Å². The number of ether oxygens (including phenoxy) is 2. The Morgan fingerprint density at radius 3 is 2.23 bits per heavy atom. The molecular formula is C30H41ClF3N3O6. The Kier molecular flexibility index (Phi) is 12.1. The van der Waals surface area contributed by atoms with Crippen molar-refractivity contribution >= 4 is 29.5 Å². The van der Waals surface area contributed by atoms with Gasteiger partial charge in [0.05, 0.1) is 13.2 Å². The highest BCUT2D eigenvalue weighted by Crippen LogP contribution is 2.34. The number of rotatable bonds is 11. The SMILES string of the molecule is COC1=CCC(C)([C@H](NC(=O)[C@H](Cc2cccc(Cl)c2)NC(=O)OC(C)(C)C)C(=O)N[C@@H](C(C)C)[C@H](O)C(F)(F)F)C=C1. The average Bonchev–Trinajstić information content (AvgIpc) is 2.88. The first-order valence-electron chi connectivity index (χ1n) is 13.8. The second kappa shape index (κ2) is 14.5. The summed E-state index contributed by atoms with van der Waals surface area (Å²) >= 11 is 6.11. The lowest BCUT2D eigenvalue weighted by Gasteiger charge is -2.38. The van der Waals surface area contributed by atoms with Gasteiger partial charge in [0, 0.05) is 16.9 Å². The molecule has 5 atom stereocenters. The van der Waals surface area contributed by atoms with E-state index in [-0.39, 0.29) is 12.8 Å². The molecule has 13 heteroatoms. The number of allylic oxidation sites excluding steroid dienone is 2. The summed E-state index contributed by atoms with van der Waals surface area (Å²) in [6, 6.07) is 2.23. The minimum absolute atomic E-state index is 0.0400. The van der Waals surface area contributed by atoms with Gasteiger partial charge >= 0.3 is 12.3 Å². The summed E-state index contributed by atoms with van der Waals surface area (Å²) in [7, 11) is 1.46. The van der Waals surface area contributed by atoms with Gasteiger partial charge in [0.1, 0.15) is 23.4 Å². The fourth-order valence-electron chi connectivity index (χ4n) is 4.49. The van der Waals surface area contributed by atoms with Gasteiger partial charge in [-0.25, -0.2) is 4.79 Å². The molecule has 4 N–H and O–H groups in total. The van der Waals surface area contributed by atoms with Crippen molar-refractivity contribution in [2.75, 3.05) is 7.11 Å². The minimum atomic E-state index is -4.99. The number of alkyl carbamates (subject to hydrolysis) is 1. The van der Waals surface area contributed by atoms with Crippen LogP contribution in [0.4, 0.5) is 18.0 Å². The molecule has 0 radical (unpaired) electrons. The molecule has 3 amide bonds. The van der Waals surface area contributed by atoms with Gasteiger partial charge in [0.15, 0.2) is 6.10 Å². The van der Waals surface area contributed by atoms with Gasteiger partial charge in [-0.15, -0.1) is 0 Å². The third-order valence-electron chi connectivity index (χ3n) is 6.85. The molecule has 0 bridgehead atoms. The summed E-state index contributed by atoms with van der Waals surface area (Å²) in [5.41, 5.74) is -1.41. The zero-order chi connectivity index (χ0) is 32.8. The number of benzene rings is 1. The number of nitrogens with one attached hydrogen (secondary N) is 3. The number of aliphatic hydroxyl groups is 1. The lowest BCUT2D eigenvalue weighted by molar-refractivity contribution is -0.215. The maximum absolute atomic E-state index is 13.8. The van der Waals surface area contributed by atoms with Crippen molar-refractivity contribution in [3.05, 3.63) is 58.8 Å². The van der Waals surface area contributed by atoms with Crippen LogP contribution in [0.15, 0.2) is 48.3 Å². The lowest BCUT2D eigenvalue weighted by atomic mass is 9.75. The van der Waals surface area contributed by atoms with E-state index < -0.39 is 65.2 Å². The molecule has 0 heterocycles. The zero-order valence-electron chi connectivity index (χ0n) is 25.3. The third-order valence-corrected chi connectivity index (χ3v) is 7.09. The second-order valence-electron chi connectivity index (χ2n) is 12.1. The van der Waals surface area contributed by atoms with Crippen LogP contribution in [0.1, 0.15) is 53.5 Å². The first-order chi connectivity index (χ1) is 19.8. The first kappa shape index (κ1) is 35.9. The van der Waals surface area contributed by atoms with Crippen molar-refractivity contribution in [1.29, 1.82) is 0 Å². The minimum Gasteiger partial charge on any atom is -0.497 e. The molecule has 0 spiro atoms. The van der Waals surface area contributed by atoms with Gasteiger partial charge in [-0.05, 0) is 63.0 Å². The molecule has 1 aliphatic rings. The van der Waals surface area contributed by atoms with Crippen LogP contribution in [0, 0.1) is 11.3 Å². The van der Waals surface area contributed by atoms with Gasteiger partial charge in [0.25, 0.3) is 0 Å². The molecule has 1 aliphatic carbocycles. The molecule has 9 nitrogen and oxygen atoms in total. The lowest BCUT2D eigenvalue weighted by Crippen LogP contribution is -2.62. The van der Waals surface area contributed by atoms with Gasteiger partial charge < -0.3 is 30.5 Å². The number of methoxy groups -OCH3 is 1. The number of carbonyl (C=O) groups is 3. The van der Waals surface area contributed by atoms with Crippen LogP contribution in [0.5, 0.6) is 0 Å². The molecule has 2 rings (SSSR count). The number of hydrogen-bond donors (Lipinski definition) is 4. The zero-order valence-corrected chi connectivity index (χ0v) is 26.1. The topological polar surface area (TPSA) is 126 Å². The van der Waals surface area contributed by atoms with Crippen LogP contribution in [-0.2, 0) is 25.5 Å². The van der Waals surface area contributed by atoms with Crippen LogP contribution >= 0.6 is 11.6 Å². The van der Waals surface area contributed by atoms with Gasteiger partial charge in [-0.2, -0.15) is 13.2 Å². The van der Waals surface area contributed by atoms with Crippen LogP contribution in [0.2, 0.25) is 5.02 Å². The first-order valence-corrected chi connectivity index (χ1v) is 14.2. The molecule has 0 aliphatic heterocycles. The maximum atomic E-state index is 13.8. The fourth-order valence-corrected chi connectivity index (χ4v) is 4.70. The molecule has 1 unspecified atom stereocenters. The van der Waals surface area contributed by atoms with E-state index in [1.165, 1.54) is 21.0 Å². The molecule has 0 saturated carbocycles. The largest absolute Gasteiger partial charge is 0.497 e. The summed E-state index contributed by atoms with van der Waals surface area (Å²) in [6.07, 6.45) is -3.70. The monoisotopic (exact) mass is 631 g/mol. The second-order valence-corrected chi connectivity index (χ2v) is 12.5. The molecule has 1 aromatic rings. The molecule has 0 saturated heterocycles. The Hall–Kier alpha value is -3.25. The standard InChI is InChI=1S/C30H41ClF3N3O6/c1-17(2)22(24(38)30(32,33)34)36-26(40)23(29(6)13-11-20(42-7)12-14-29)37-25(39)21(35-27(41)43-28(3,4)5)16-18-9-8-10-19(31)15-18/h8-13,15,17,21-24,38H,14,16H2,1-7H3,(H,35,41)(H,36,40)(H,37,39)/t21-,22-,23+,24-,29?/m0/s1. The van der Waals surface area contributed by atoms with Crippen LogP contribution in [-0.4, -0.2) is 66.1 Å². The number of carbonyl (C=O) groups excluding carboxylic acids is 3. The molecule has 240 valence electrons. The molecule has 0 fully saturated rings. The molecule has 1 aromatic carbocycles. The fraction of sp³-hybridized carbons (Fsp3) is 0.567. The van der Waals surface area contributed by atoms with Gasteiger partial charge in [-0.1, -0.05) is 50.6 Å². The van der Waals surface area contributed by atoms with Crippen LogP contribution < -0.4 is 16.0 Å². The summed E-state index contributed by atoms with van der Waals surface area (Å²) in [5.74, 6) is -2.05. The Morgan fingerprint density at radius 2 is 1.74 bits per heavy atom. The third kappa shape index (κ3) is 10.8. The average molecular weight is 632 g/mol. The highest BCUT2D eigenvalue weighted by Gasteiger charge is 2.47. The number of alkyl halides is 3. The van der Waals surface area contributed by atoms with E-state index in [1.807, 2.05) is 0 Å². The van der Waals surface area contributed by atoms with Crippen molar-refractivity contribution in [2.45, 2.75) is 90.4 Å². The molecular weight excluding hydrogens is 591 g/mol. The Balaban J connectivity index is 2.47. The van der Waals surface area contributed by atoms with Crippen molar-refractivity contribution < 1.29 is 42.1 Å². The van der Waals surface area contributed by atoms with Crippen molar-refractivity contribution in [1.82, 2.24) is 16.0 Å². The smallest absolute Gasteiger partial charge is 0.416 e. The van der Waals surface area contributed by atoms with Crippen molar-refractivity contribution in [2.24, 2.45) is 11.3 Å². The van der Waals surface area contributed by atoms with E-state index in [9.17, 15) is 32.7 Å². The number of hydrogen-bond acceptors (Lipinski definition) is 6. The van der Waals surface area contributed by atoms with E-state index in [0.29, 0.717) is 16.3 Å². The molecule has 0 aromatic heterocycles. The number of halogens is 4. The van der Waals surface area contributed by atoms with E-state index in [1.54, 1.807) is 70.2 Å². The van der Waals surface area contributed by atoms with E-state index in [4.69, 9.17) is 21.1 Å². The maximum Gasteiger partial charge on any atom is 0.416 e. The van der Waals surface area contributed by atoms with Crippen molar-refractivity contribution in [3.63, 3.8) is 0 Å². The van der Waals surface area contributed by atoms with Crippen LogP contribution in [0.25, 0.3) is 0 Å². The highest BCUT2D eigenvalue weighted by molar-refractivity contribution is 6.30. The van der Waals surface area contributed by atoms with E-state index in [0.717, 1.165) is 0 Å². The Labute approximate surface area is 255 Å². The summed E-state index contributed by atoms with van der Waals surface area (Å²) in [6.45, 7) is 9.45.